The third-order valence-corrected chi connectivity index (χ3v) is 2.68. The van der Waals surface area contributed by atoms with Crippen molar-refractivity contribution < 1.29 is 0 Å². The summed E-state index contributed by atoms with van der Waals surface area (Å²) < 4.78 is 2.14. The van der Waals surface area contributed by atoms with E-state index in [4.69, 9.17) is 5.73 Å². The number of aryl methyl sites for hydroxylation is 2. The van der Waals surface area contributed by atoms with Crippen LogP contribution in [0, 0.1) is 6.92 Å². The Morgan fingerprint density at radius 2 is 2.19 bits per heavy atom. The van der Waals surface area contributed by atoms with Crippen molar-refractivity contribution in [2.24, 2.45) is 5.73 Å². The van der Waals surface area contributed by atoms with Gasteiger partial charge in [-0.1, -0.05) is 6.07 Å². The Kier molecular flexibility index (Phi) is 3.37. The molecule has 3 nitrogen and oxygen atoms in total. The van der Waals surface area contributed by atoms with Gasteiger partial charge in [0.25, 0.3) is 0 Å². The fraction of sp³-hybridized carbons (Fsp3) is 0.308. The molecule has 84 valence electrons. The summed E-state index contributed by atoms with van der Waals surface area (Å²) in [5.41, 5.74) is 8.00. The second kappa shape index (κ2) is 4.94. The summed E-state index contributed by atoms with van der Waals surface area (Å²) in [6.45, 7) is 2.81. The van der Waals surface area contributed by atoms with E-state index in [-0.39, 0.29) is 0 Å². The summed E-state index contributed by atoms with van der Waals surface area (Å²) in [6, 6.07) is 8.22. The minimum atomic E-state index is 0.729. The van der Waals surface area contributed by atoms with Gasteiger partial charge in [-0.2, -0.15) is 0 Å². The normalized spacial score (nSPS) is 10.6. The van der Waals surface area contributed by atoms with Gasteiger partial charge in [0, 0.05) is 18.1 Å². The zero-order valence-electron chi connectivity index (χ0n) is 9.56. The van der Waals surface area contributed by atoms with Gasteiger partial charge in [-0.3, -0.25) is 0 Å². The predicted molar refractivity (Wildman–Crippen MR) is 65.7 cm³/mol. The number of pyridine rings is 1. The molecular formula is C13H17N3. The molecule has 0 bridgehead atoms. The molecule has 2 N–H and O–H groups in total. The van der Waals surface area contributed by atoms with Gasteiger partial charge >= 0.3 is 0 Å². The smallest absolute Gasteiger partial charge is 0.139 e. The molecule has 0 saturated heterocycles. The van der Waals surface area contributed by atoms with E-state index in [1.54, 1.807) is 0 Å². The van der Waals surface area contributed by atoms with E-state index in [2.05, 4.69) is 40.9 Å². The molecule has 0 aliphatic carbocycles. The fourth-order valence-corrected chi connectivity index (χ4v) is 1.84. The van der Waals surface area contributed by atoms with E-state index in [9.17, 15) is 0 Å². The van der Waals surface area contributed by atoms with Gasteiger partial charge in [-0.25, -0.2) is 4.98 Å². The molecule has 0 atom stereocenters. The van der Waals surface area contributed by atoms with Crippen molar-refractivity contribution in [3.8, 4) is 5.82 Å². The molecule has 2 aromatic rings. The van der Waals surface area contributed by atoms with Crippen molar-refractivity contribution in [3.05, 3.63) is 47.9 Å². The van der Waals surface area contributed by atoms with Crippen LogP contribution in [0.2, 0.25) is 0 Å². The number of nitrogens with two attached hydrogens (primary N) is 1. The molecule has 2 aromatic heterocycles. The molecule has 2 rings (SSSR count). The molecule has 0 spiro atoms. The van der Waals surface area contributed by atoms with Gasteiger partial charge in [-0.05, 0) is 50.1 Å². The van der Waals surface area contributed by atoms with Gasteiger partial charge in [0.15, 0.2) is 0 Å². The third kappa shape index (κ3) is 2.14. The zero-order valence-corrected chi connectivity index (χ0v) is 9.56. The first-order valence-corrected chi connectivity index (χ1v) is 5.61. The number of hydrogen-bond donors (Lipinski definition) is 1. The van der Waals surface area contributed by atoms with Gasteiger partial charge in [0.2, 0.25) is 0 Å². The summed E-state index contributed by atoms with van der Waals surface area (Å²) >= 11 is 0. The van der Waals surface area contributed by atoms with E-state index in [0.717, 1.165) is 25.2 Å². The van der Waals surface area contributed by atoms with Crippen LogP contribution >= 0.6 is 0 Å². The summed E-state index contributed by atoms with van der Waals surface area (Å²) in [5.74, 6) is 1.01. The minimum Gasteiger partial charge on any atom is -0.330 e. The Balaban J connectivity index is 2.33. The summed E-state index contributed by atoms with van der Waals surface area (Å²) in [5, 5.41) is 0. The number of aromatic nitrogens is 2. The number of hydrogen-bond acceptors (Lipinski definition) is 2. The Morgan fingerprint density at radius 3 is 2.94 bits per heavy atom. The standard InChI is InChI=1S/C13H17N3/c1-11-5-3-9-15-13(11)16-10-4-7-12(16)6-2-8-14/h3-5,7,9-10H,2,6,8,14H2,1H3. The Morgan fingerprint density at radius 1 is 1.31 bits per heavy atom. The van der Waals surface area contributed by atoms with Crippen molar-refractivity contribution >= 4 is 0 Å². The lowest BCUT2D eigenvalue weighted by atomic mass is 10.2. The van der Waals surface area contributed by atoms with Crippen molar-refractivity contribution in [2.75, 3.05) is 6.54 Å². The average molecular weight is 215 g/mol. The highest BCUT2D eigenvalue weighted by molar-refractivity contribution is 5.35. The van der Waals surface area contributed by atoms with Crippen molar-refractivity contribution in [3.63, 3.8) is 0 Å². The van der Waals surface area contributed by atoms with Crippen molar-refractivity contribution in [1.82, 2.24) is 9.55 Å². The van der Waals surface area contributed by atoms with E-state index < -0.39 is 0 Å². The van der Waals surface area contributed by atoms with Crippen molar-refractivity contribution in [1.29, 1.82) is 0 Å². The molecule has 0 radical (unpaired) electrons. The monoisotopic (exact) mass is 215 g/mol. The highest BCUT2D eigenvalue weighted by Crippen LogP contribution is 2.15. The first kappa shape index (κ1) is 10.9. The highest BCUT2D eigenvalue weighted by atomic mass is 15.1. The van der Waals surface area contributed by atoms with Crippen LogP contribution in [-0.2, 0) is 6.42 Å². The lowest BCUT2D eigenvalue weighted by molar-refractivity contribution is 0.780. The molecule has 16 heavy (non-hydrogen) atoms. The predicted octanol–water partition coefficient (Wildman–Crippen LogP) is 2.07. The highest BCUT2D eigenvalue weighted by Gasteiger charge is 2.05. The minimum absolute atomic E-state index is 0.729. The van der Waals surface area contributed by atoms with Crippen LogP contribution in [0.15, 0.2) is 36.7 Å². The van der Waals surface area contributed by atoms with E-state index in [1.165, 1.54) is 11.3 Å². The molecule has 0 fully saturated rings. The molecule has 0 unspecified atom stereocenters. The van der Waals surface area contributed by atoms with Crippen LogP contribution in [0.4, 0.5) is 0 Å². The Hall–Kier alpha value is -1.61. The van der Waals surface area contributed by atoms with Crippen LogP contribution in [0.25, 0.3) is 5.82 Å². The quantitative estimate of drug-likeness (QED) is 0.848. The van der Waals surface area contributed by atoms with Crippen LogP contribution in [0.5, 0.6) is 0 Å². The summed E-state index contributed by atoms with van der Waals surface area (Å²) in [6.07, 6.45) is 5.89. The maximum absolute atomic E-state index is 5.54. The van der Waals surface area contributed by atoms with Crippen LogP contribution in [-0.4, -0.2) is 16.1 Å². The Labute approximate surface area is 95.9 Å². The molecule has 0 aliphatic heterocycles. The topological polar surface area (TPSA) is 43.8 Å². The second-order valence-electron chi connectivity index (χ2n) is 3.91. The maximum atomic E-state index is 5.54. The fourth-order valence-electron chi connectivity index (χ4n) is 1.84. The molecule has 2 heterocycles. The first-order chi connectivity index (χ1) is 7.83. The van der Waals surface area contributed by atoms with Crippen molar-refractivity contribution in [2.45, 2.75) is 19.8 Å². The molecular weight excluding hydrogens is 198 g/mol. The van der Waals surface area contributed by atoms with E-state index in [1.807, 2.05) is 12.3 Å². The molecule has 0 aliphatic rings. The van der Waals surface area contributed by atoms with Gasteiger partial charge in [0.1, 0.15) is 5.82 Å². The first-order valence-electron chi connectivity index (χ1n) is 5.61. The molecule has 0 saturated carbocycles. The third-order valence-electron chi connectivity index (χ3n) is 2.68. The van der Waals surface area contributed by atoms with E-state index >= 15 is 0 Å². The lowest BCUT2D eigenvalue weighted by Gasteiger charge is -2.10. The molecule has 0 aromatic carbocycles. The van der Waals surface area contributed by atoms with E-state index in [0.29, 0.717) is 0 Å². The van der Waals surface area contributed by atoms with Gasteiger partial charge in [0.05, 0.1) is 0 Å². The SMILES string of the molecule is Cc1cccnc1-n1cccc1CCCN. The van der Waals surface area contributed by atoms with Gasteiger partial charge < -0.3 is 10.3 Å². The summed E-state index contributed by atoms with van der Waals surface area (Å²) in [7, 11) is 0. The number of rotatable bonds is 4. The summed E-state index contributed by atoms with van der Waals surface area (Å²) in [4.78, 5) is 4.42. The zero-order chi connectivity index (χ0) is 11.4. The lowest BCUT2D eigenvalue weighted by Crippen LogP contribution is -2.06. The maximum Gasteiger partial charge on any atom is 0.139 e. The van der Waals surface area contributed by atoms with Crippen LogP contribution in [0.1, 0.15) is 17.7 Å². The van der Waals surface area contributed by atoms with Crippen LogP contribution < -0.4 is 5.73 Å². The molecule has 0 amide bonds. The second-order valence-corrected chi connectivity index (χ2v) is 3.91. The molecule has 3 heteroatoms. The number of nitrogens with zero attached hydrogens (tertiary/aromatic N) is 2. The largest absolute Gasteiger partial charge is 0.330 e. The average Bonchev–Trinajstić information content (AvgIpc) is 2.75. The van der Waals surface area contributed by atoms with Gasteiger partial charge in [-0.15, -0.1) is 0 Å². The Bertz CT molecular complexity index is 460. The van der Waals surface area contributed by atoms with Crippen LogP contribution in [0.3, 0.4) is 0 Å².